The number of likely N-dealkylation sites (tertiary alicyclic amines) is 1. The first kappa shape index (κ1) is 15.7. The fourth-order valence-electron chi connectivity index (χ4n) is 3.39. The normalized spacial score (nSPS) is 18.7. The van der Waals surface area contributed by atoms with Gasteiger partial charge in [-0.25, -0.2) is 0 Å². The van der Waals surface area contributed by atoms with Crippen molar-refractivity contribution in [2.24, 2.45) is 0 Å². The van der Waals surface area contributed by atoms with E-state index in [1.807, 2.05) is 54.0 Å². The summed E-state index contributed by atoms with van der Waals surface area (Å²) in [5.41, 5.74) is 3.17. The van der Waals surface area contributed by atoms with Gasteiger partial charge in [-0.15, -0.1) is 0 Å². The van der Waals surface area contributed by atoms with Gasteiger partial charge in [-0.3, -0.25) is 14.5 Å². The molecule has 1 fully saturated rings. The third-order valence-corrected chi connectivity index (χ3v) is 4.55. The number of hydrogen-bond donors (Lipinski definition) is 0. The molecular weight excluding hydrogens is 288 g/mol. The highest BCUT2D eigenvalue weighted by Gasteiger charge is 2.27. The number of nitrogens with zero attached hydrogens (tertiary/aromatic N) is 4. The summed E-state index contributed by atoms with van der Waals surface area (Å²) in [5, 5.41) is 4.43. The first-order valence-electron chi connectivity index (χ1n) is 8.35. The van der Waals surface area contributed by atoms with Gasteiger partial charge in [0.25, 0.3) is 0 Å². The molecule has 3 rings (SSSR count). The van der Waals surface area contributed by atoms with Crippen LogP contribution in [0.15, 0.2) is 30.6 Å². The molecule has 122 valence electrons. The molecular formula is C18H24N4O. The second-order valence-electron chi connectivity index (χ2n) is 6.32. The van der Waals surface area contributed by atoms with E-state index in [1.54, 1.807) is 0 Å². The number of rotatable bonds is 3. The van der Waals surface area contributed by atoms with Crippen molar-refractivity contribution >= 4 is 5.91 Å². The molecule has 2 aromatic heterocycles. The molecule has 1 amide bonds. The van der Waals surface area contributed by atoms with E-state index >= 15 is 0 Å². The van der Waals surface area contributed by atoms with Crippen molar-refractivity contribution in [2.75, 3.05) is 6.54 Å². The van der Waals surface area contributed by atoms with Gasteiger partial charge in [-0.2, -0.15) is 5.10 Å². The van der Waals surface area contributed by atoms with E-state index in [2.05, 4.69) is 10.1 Å². The van der Waals surface area contributed by atoms with Gasteiger partial charge in [0, 0.05) is 24.6 Å². The van der Waals surface area contributed by atoms with Gasteiger partial charge < -0.3 is 4.90 Å². The first-order valence-corrected chi connectivity index (χ1v) is 8.35. The Kier molecular flexibility index (Phi) is 4.74. The summed E-state index contributed by atoms with van der Waals surface area (Å²) in [7, 11) is 0. The summed E-state index contributed by atoms with van der Waals surface area (Å²) < 4.78 is 1.81. The van der Waals surface area contributed by atoms with Crippen LogP contribution in [0.2, 0.25) is 0 Å². The minimum Gasteiger partial charge on any atom is -0.334 e. The van der Waals surface area contributed by atoms with Crippen molar-refractivity contribution in [1.29, 1.82) is 0 Å². The number of carbonyl (C=O) groups excluding carboxylic acids is 1. The van der Waals surface area contributed by atoms with Gasteiger partial charge >= 0.3 is 0 Å². The van der Waals surface area contributed by atoms with Crippen LogP contribution < -0.4 is 0 Å². The minimum absolute atomic E-state index is 0.153. The van der Waals surface area contributed by atoms with E-state index in [1.165, 1.54) is 12.0 Å². The highest BCUT2D eigenvalue weighted by Crippen LogP contribution is 2.30. The number of aryl methyl sites for hydroxylation is 2. The molecule has 0 aliphatic carbocycles. The Hall–Kier alpha value is -2.17. The summed E-state index contributed by atoms with van der Waals surface area (Å²) in [5.74, 6) is 0.153. The third kappa shape index (κ3) is 3.60. The van der Waals surface area contributed by atoms with Crippen LogP contribution in [0.3, 0.4) is 0 Å². The van der Waals surface area contributed by atoms with Crippen molar-refractivity contribution in [3.8, 4) is 0 Å². The molecule has 0 radical (unpaired) electrons. The number of amides is 1. The average Bonchev–Trinajstić information content (AvgIpc) is 2.76. The molecule has 0 aromatic carbocycles. The molecule has 0 bridgehead atoms. The Morgan fingerprint density at radius 2 is 2.00 bits per heavy atom. The molecule has 1 aliphatic heterocycles. The van der Waals surface area contributed by atoms with E-state index in [0.717, 1.165) is 37.2 Å². The molecule has 1 aliphatic rings. The van der Waals surface area contributed by atoms with Crippen molar-refractivity contribution in [3.63, 3.8) is 0 Å². The number of aromatic nitrogens is 3. The predicted molar refractivity (Wildman–Crippen MR) is 88.9 cm³/mol. The zero-order chi connectivity index (χ0) is 16.2. The molecule has 1 atom stereocenters. The average molecular weight is 312 g/mol. The number of pyridine rings is 1. The maximum Gasteiger partial charge on any atom is 0.244 e. The van der Waals surface area contributed by atoms with Gasteiger partial charge in [0.2, 0.25) is 5.91 Å². The van der Waals surface area contributed by atoms with Crippen molar-refractivity contribution in [2.45, 2.75) is 52.1 Å². The fourth-order valence-corrected chi connectivity index (χ4v) is 3.39. The largest absolute Gasteiger partial charge is 0.334 e. The summed E-state index contributed by atoms with van der Waals surface area (Å²) in [6, 6.07) is 6.22. The Balaban J connectivity index is 1.81. The lowest BCUT2D eigenvalue weighted by molar-refractivity contribution is -0.134. The molecule has 23 heavy (non-hydrogen) atoms. The van der Waals surface area contributed by atoms with Gasteiger partial charge in [0.15, 0.2) is 0 Å². The van der Waals surface area contributed by atoms with Crippen LogP contribution in [0.25, 0.3) is 0 Å². The molecule has 1 saturated heterocycles. The van der Waals surface area contributed by atoms with Crippen LogP contribution in [0, 0.1) is 13.8 Å². The Bertz CT molecular complexity index is 665. The van der Waals surface area contributed by atoms with E-state index in [-0.39, 0.29) is 11.9 Å². The van der Waals surface area contributed by atoms with Gasteiger partial charge in [-0.1, -0.05) is 12.8 Å². The standard InChI is InChI=1S/C18H24N4O/c1-14-12-15(2)22(20-14)13-18(23)21-11-5-3-4-6-17(21)16-7-9-19-10-8-16/h7-10,12,17H,3-6,11,13H2,1-2H3. The van der Waals surface area contributed by atoms with Crippen LogP contribution >= 0.6 is 0 Å². The van der Waals surface area contributed by atoms with Crippen LogP contribution in [0.5, 0.6) is 0 Å². The topological polar surface area (TPSA) is 51.0 Å². The Morgan fingerprint density at radius 3 is 2.70 bits per heavy atom. The van der Waals surface area contributed by atoms with E-state index in [0.29, 0.717) is 6.54 Å². The SMILES string of the molecule is Cc1cc(C)n(CC(=O)N2CCCCCC2c2ccncc2)n1. The summed E-state index contributed by atoms with van der Waals surface area (Å²) in [6.45, 7) is 5.10. The summed E-state index contributed by atoms with van der Waals surface area (Å²) in [6.07, 6.45) is 8.06. The minimum atomic E-state index is 0.153. The number of carbonyl (C=O) groups is 1. The molecule has 0 N–H and O–H groups in total. The smallest absolute Gasteiger partial charge is 0.244 e. The predicted octanol–water partition coefficient (Wildman–Crippen LogP) is 3.04. The lowest BCUT2D eigenvalue weighted by Gasteiger charge is -2.30. The monoisotopic (exact) mass is 312 g/mol. The lowest BCUT2D eigenvalue weighted by Crippen LogP contribution is -2.37. The second-order valence-corrected chi connectivity index (χ2v) is 6.32. The van der Waals surface area contributed by atoms with Crippen molar-refractivity contribution < 1.29 is 4.79 Å². The highest BCUT2D eigenvalue weighted by atomic mass is 16.2. The zero-order valence-corrected chi connectivity index (χ0v) is 13.9. The molecule has 2 aromatic rings. The van der Waals surface area contributed by atoms with Crippen LogP contribution in [-0.2, 0) is 11.3 Å². The highest BCUT2D eigenvalue weighted by molar-refractivity contribution is 5.76. The van der Waals surface area contributed by atoms with E-state index in [4.69, 9.17) is 0 Å². The molecule has 3 heterocycles. The van der Waals surface area contributed by atoms with Gasteiger partial charge in [0.05, 0.1) is 11.7 Å². The van der Waals surface area contributed by atoms with Gasteiger partial charge in [-0.05, 0) is 50.5 Å². The van der Waals surface area contributed by atoms with E-state index in [9.17, 15) is 4.79 Å². The molecule has 0 spiro atoms. The Morgan fingerprint density at radius 1 is 1.22 bits per heavy atom. The maximum absolute atomic E-state index is 12.9. The zero-order valence-electron chi connectivity index (χ0n) is 13.9. The quantitative estimate of drug-likeness (QED) is 0.875. The lowest BCUT2D eigenvalue weighted by atomic mass is 10.0. The molecule has 5 heteroatoms. The summed E-state index contributed by atoms with van der Waals surface area (Å²) in [4.78, 5) is 19.1. The Labute approximate surface area is 137 Å². The molecule has 5 nitrogen and oxygen atoms in total. The van der Waals surface area contributed by atoms with Gasteiger partial charge in [0.1, 0.15) is 6.54 Å². The van der Waals surface area contributed by atoms with Crippen LogP contribution in [-0.4, -0.2) is 32.1 Å². The van der Waals surface area contributed by atoms with Crippen molar-refractivity contribution in [3.05, 3.63) is 47.5 Å². The van der Waals surface area contributed by atoms with Crippen molar-refractivity contribution in [1.82, 2.24) is 19.7 Å². The molecule has 0 saturated carbocycles. The van der Waals surface area contributed by atoms with Crippen LogP contribution in [0.1, 0.15) is 48.7 Å². The molecule has 1 unspecified atom stereocenters. The van der Waals surface area contributed by atoms with E-state index < -0.39 is 0 Å². The third-order valence-electron chi connectivity index (χ3n) is 4.55. The summed E-state index contributed by atoms with van der Waals surface area (Å²) >= 11 is 0. The number of hydrogen-bond acceptors (Lipinski definition) is 3. The fraction of sp³-hybridized carbons (Fsp3) is 0.500. The second kappa shape index (κ2) is 6.94. The maximum atomic E-state index is 12.9. The first-order chi connectivity index (χ1) is 11.1. The van der Waals surface area contributed by atoms with Crippen LogP contribution in [0.4, 0.5) is 0 Å².